The quantitative estimate of drug-likeness (QED) is 0.765. The van der Waals surface area contributed by atoms with Crippen LogP contribution in [0.4, 0.5) is 10.5 Å². The predicted molar refractivity (Wildman–Crippen MR) is 94.5 cm³/mol. The number of aromatic nitrogens is 2. The number of carbonyl (C=O) groups is 1. The first-order valence-electron chi connectivity index (χ1n) is 9.15. The molecule has 140 valence electrons. The molecule has 1 aromatic rings. The number of methoxy groups -OCH3 is 1. The van der Waals surface area contributed by atoms with Crippen LogP contribution in [0.15, 0.2) is 12.4 Å². The maximum atomic E-state index is 12.7. The fraction of sp³-hybridized carbons (Fsp3) is 0.765. The van der Waals surface area contributed by atoms with Crippen LogP contribution in [0.2, 0.25) is 0 Å². The number of aliphatic hydroxyl groups is 1. The highest BCUT2D eigenvalue weighted by atomic mass is 16.5. The molecule has 2 atom stereocenters. The Morgan fingerprint density at radius 3 is 2.96 bits per heavy atom. The van der Waals surface area contributed by atoms with Gasteiger partial charge in [-0.3, -0.25) is 9.58 Å². The predicted octanol–water partition coefficient (Wildman–Crippen LogP) is 0.983. The van der Waals surface area contributed by atoms with Crippen molar-refractivity contribution in [1.29, 1.82) is 0 Å². The molecule has 0 saturated carbocycles. The average molecular weight is 351 g/mol. The molecule has 2 aliphatic heterocycles. The lowest BCUT2D eigenvalue weighted by Gasteiger charge is -2.31. The van der Waals surface area contributed by atoms with Gasteiger partial charge in [0.05, 0.1) is 31.6 Å². The van der Waals surface area contributed by atoms with Crippen LogP contribution in [0.3, 0.4) is 0 Å². The standard InChI is InChI=1S/C17H29N5O3/c1-25-9-8-21-11-14(10-18-21)19-17(24)22-7-3-4-15(22)12-20-6-2-5-16(20)13-23/h10-11,15-16,23H,2-9,12-13H2,1H3,(H,19,24)/t15-,16+/m1/s1. The van der Waals surface area contributed by atoms with Crippen molar-refractivity contribution >= 4 is 11.7 Å². The van der Waals surface area contributed by atoms with E-state index in [1.165, 1.54) is 0 Å². The molecule has 8 heteroatoms. The second-order valence-corrected chi connectivity index (χ2v) is 6.88. The molecule has 1 aromatic heterocycles. The number of hydrogen-bond donors (Lipinski definition) is 2. The van der Waals surface area contributed by atoms with Gasteiger partial charge in [0.25, 0.3) is 0 Å². The SMILES string of the molecule is COCCn1cc(NC(=O)N2CCC[C@@H]2CN2CCC[C@H]2CO)cn1. The van der Waals surface area contributed by atoms with Crippen LogP contribution < -0.4 is 5.32 Å². The molecule has 0 aromatic carbocycles. The third-order valence-corrected chi connectivity index (χ3v) is 5.20. The Kier molecular flexibility index (Phi) is 6.28. The molecule has 8 nitrogen and oxygen atoms in total. The van der Waals surface area contributed by atoms with E-state index in [1.807, 2.05) is 11.1 Å². The van der Waals surface area contributed by atoms with Crippen molar-refractivity contribution < 1.29 is 14.6 Å². The Bertz CT molecular complexity index is 564. The summed E-state index contributed by atoms with van der Waals surface area (Å²) < 4.78 is 6.79. The number of anilines is 1. The first kappa shape index (κ1) is 18.2. The first-order valence-corrected chi connectivity index (χ1v) is 9.15. The number of nitrogens with zero attached hydrogens (tertiary/aromatic N) is 4. The Morgan fingerprint density at radius 1 is 1.36 bits per heavy atom. The van der Waals surface area contributed by atoms with E-state index >= 15 is 0 Å². The zero-order valence-corrected chi connectivity index (χ0v) is 14.9. The van der Waals surface area contributed by atoms with Gasteiger partial charge in [0.1, 0.15) is 0 Å². The van der Waals surface area contributed by atoms with Gasteiger partial charge in [-0.1, -0.05) is 0 Å². The molecule has 0 spiro atoms. The van der Waals surface area contributed by atoms with Crippen LogP contribution in [0, 0.1) is 0 Å². The number of ether oxygens (including phenoxy) is 1. The van der Waals surface area contributed by atoms with Crippen LogP contribution in [-0.4, -0.2) is 82.8 Å². The number of nitrogens with one attached hydrogen (secondary N) is 1. The number of urea groups is 1. The number of rotatable bonds is 7. The average Bonchev–Trinajstić information content (AvgIpc) is 3.34. The van der Waals surface area contributed by atoms with Gasteiger partial charge in [0.15, 0.2) is 0 Å². The van der Waals surface area contributed by atoms with E-state index < -0.39 is 0 Å². The Hall–Kier alpha value is -1.64. The van der Waals surface area contributed by atoms with Crippen molar-refractivity contribution in [1.82, 2.24) is 19.6 Å². The molecule has 0 unspecified atom stereocenters. The zero-order valence-electron chi connectivity index (χ0n) is 14.9. The second kappa shape index (κ2) is 8.64. The van der Waals surface area contributed by atoms with E-state index in [9.17, 15) is 9.90 Å². The minimum Gasteiger partial charge on any atom is -0.395 e. The highest BCUT2D eigenvalue weighted by Gasteiger charge is 2.33. The first-order chi connectivity index (χ1) is 12.2. The van der Waals surface area contributed by atoms with Crippen molar-refractivity contribution in [3.05, 3.63) is 12.4 Å². The summed E-state index contributed by atoms with van der Waals surface area (Å²) in [6, 6.07) is 0.411. The fourth-order valence-electron chi connectivity index (χ4n) is 3.84. The lowest BCUT2D eigenvalue weighted by molar-refractivity contribution is 0.130. The summed E-state index contributed by atoms with van der Waals surface area (Å²) in [5.41, 5.74) is 0.709. The molecule has 3 rings (SSSR count). The minimum absolute atomic E-state index is 0.0615. The van der Waals surface area contributed by atoms with Crippen LogP contribution in [-0.2, 0) is 11.3 Å². The topological polar surface area (TPSA) is 82.9 Å². The highest BCUT2D eigenvalue weighted by Crippen LogP contribution is 2.24. The van der Waals surface area contributed by atoms with Gasteiger partial charge < -0.3 is 20.1 Å². The van der Waals surface area contributed by atoms with E-state index in [-0.39, 0.29) is 24.7 Å². The van der Waals surface area contributed by atoms with E-state index in [0.717, 1.165) is 45.3 Å². The summed E-state index contributed by atoms with van der Waals surface area (Å²) >= 11 is 0. The zero-order chi connectivity index (χ0) is 17.6. The Morgan fingerprint density at radius 2 is 2.16 bits per heavy atom. The minimum atomic E-state index is -0.0615. The van der Waals surface area contributed by atoms with Crippen LogP contribution in [0.1, 0.15) is 25.7 Å². The van der Waals surface area contributed by atoms with Crippen LogP contribution in [0.5, 0.6) is 0 Å². The lowest BCUT2D eigenvalue weighted by Crippen LogP contribution is -2.46. The molecular formula is C17H29N5O3. The van der Waals surface area contributed by atoms with Gasteiger partial charge in [-0.25, -0.2) is 4.79 Å². The van der Waals surface area contributed by atoms with Crippen molar-refractivity contribution in [2.45, 2.75) is 44.3 Å². The van der Waals surface area contributed by atoms with E-state index in [1.54, 1.807) is 18.0 Å². The number of amides is 2. The summed E-state index contributed by atoms with van der Waals surface area (Å²) in [6.45, 7) is 4.11. The molecule has 0 radical (unpaired) electrons. The number of carbonyl (C=O) groups excluding carboxylic acids is 1. The monoisotopic (exact) mass is 351 g/mol. The largest absolute Gasteiger partial charge is 0.395 e. The summed E-state index contributed by atoms with van der Waals surface area (Å²) in [5, 5.41) is 16.7. The molecule has 0 bridgehead atoms. The highest BCUT2D eigenvalue weighted by molar-refractivity contribution is 5.89. The maximum absolute atomic E-state index is 12.7. The van der Waals surface area contributed by atoms with Crippen molar-refractivity contribution in [3.63, 3.8) is 0 Å². The van der Waals surface area contributed by atoms with E-state index in [2.05, 4.69) is 15.3 Å². The van der Waals surface area contributed by atoms with Gasteiger partial charge in [-0.15, -0.1) is 0 Å². The van der Waals surface area contributed by atoms with Crippen LogP contribution in [0.25, 0.3) is 0 Å². The molecule has 2 N–H and O–H groups in total. The molecule has 3 heterocycles. The van der Waals surface area contributed by atoms with Crippen molar-refractivity contribution in [2.24, 2.45) is 0 Å². The molecule has 2 aliphatic rings. The second-order valence-electron chi connectivity index (χ2n) is 6.88. The third-order valence-electron chi connectivity index (χ3n) is 5.20. The number of aliphatic hydroxyl groups excluding tert-OH is 1. The van der Waals surface area contributed by atoms with Gasteiger partial charge in [-0.2, -0.15) is 5.10 Å². The molecule has 0 aliphatic carbocycles. The Labute approximate surface area is 148 Å². The normalized spacial score (nSPS) is 24.2. The molecule has 2 fully saturated rings. The number of likely N-dealkylation sites (tertiary alicyclic amines) is 2. The van der Waals surface area contributed by atoms with Gasteiger partial charge >= 0.3 is 6.03 Å². The Balaban J connectivity index is 1.54. The summed E-state index contributed by atoms with van der Waals surface area (Å²) in [5.74, 6) is 0. The smallest absolute Gasteiger partial charge is 0.322 e. The summed E-state index contributed by atoms with van der Waals surface area (Å²) in [4.78, 5) is 16.9. The number of hydrogen-bond acceptors (Lipinski definition) is 5. The van der Waals surface area contributed by atoms with Crippen LogP contribution >= 0.6 is 0 Å². The fourth-order valence-corrected chi connectivity index (χ4v) is 3.84. The molecule has 2 amide bonds. The van der Waals surface area contributed by atoms with Crippen molar-refractivity contribution in [3.8, 4) is 0 Å². The van der Waals surface area contributed by atoms with Crippen molar-refractivity contribution in [2.75, 3.05) is 45.3 Å². The maximum Gasteiger partial charge on any atom is 0.322 e. The third kappa shape index (κ3) is 4.50. The lowest BCUT2D eigenvalue weighted by atomic mass is 10.2. The van der Waals surface area contributed by atoms with Gasteiger partial charge in [0, 0.05) is 38.5 Å². The molecular weight excluding hydrogens is 322 g/mol. The summed E-state index contributed by atoms with van der Waals surface area (Å²) in [7, 11) is 1.65. The summed E-state index contributed by atoms with van der Waals surface area (Å²) in [6.07, 6.45) is 7.73. The molecule has 2 saturated heterocycles. The molecule has 25 heavy (non-hydrogen) atoms. The van der Waals surface area contributed by atoms with E-state index in [0.29, 0.717) is 18.8 Å². The van der Waals surface area contributed by atoms with Gasteiger partial charge in [0.2, 0.25) is 0 Å². The van der Waals surface area contributed by atoms with E-state index in [4.69, 9.17) is 4.74 Å². The van der Waals surface area contributed by atoms with Gasteiger partial charge in [-0.05, 0) is 32.2 Å².